The molecule has 0 aliphatic rings. The zero-order chi connectivity index (χ0) is 14.8. The molecule has 3 aromatic rings. The third-order valence-electron chi connectivity index (χ3n) is 3.30. The molecule has 0 saturated carbocycles. The molecule has 0 bridgehead atoms. The van der Waals surface area contributed by atoms with Gasteiger partial charge in [0.15, 0.2) is 0 Å². The number of para-hydroxylation sites is 1. The number of fused-ring (bicyclic) bond motifs is 1. The van der Waals surface area contributed by atoms with Gasteiger partial charge in [-0.3, -0.25) is 5.41 Å². The molecular formula is C16H16N4O. The van der Waals surface area contributed by atoms with Crippen molar-refractivity contribution in [3.8, 4) is 17.1 Å². The van der Waals surface area contributed by atoms with Crippen molar-refractivity contribution in [2.75, 3.05) is 7.11 Å². The molecule has 0 aliphatic carbocycles. The zero-order valence-corrected chi connectivity index (χ0v) is 11.7. The van der Waals surface area contributed by atoms with Gasteiger partial charge in [0.25, 0.3) is 0 Å². The van der Waals surface area contributed by atoms with Crippen LogP contribution in [0.2, 0.25) is 0 Å². The highest BCUT2D eigenvalue weighted by Gasteiger charge is 2.10. The van der Waals surface area contributed by atoms with Crippen molar-refractivity contribution in [3.05, 3.63) is 48.0 Å². The average molecular weight is 280 g/mol. The fourth-order valence-corrected chi connectivity index (χ4v) is 2.35. The Morgan fingerprint density at radius 3 is 2.86 bits per heavy atom. The standard InChI is InChI=1S/C16H16N4O/c1-21-14-5-3-2-4-11(14)16-19-12-7-6-10(9-15(17)18)8-13(12)20-16/h2-8H,9H2,1H3,(H3,17,18)(H,19,20). The van der Waals surface area contributed by atoms with Crippen LogP contribution in [0, 0.1) is 5.41 Å². The van der Waals surface area contributed by atoms with E-state index >= 15 is 0 Å². The number of nitrogens with one attached hydrogen (secondary N) is 2. The van der Waals surface area contributed by atoms with Crippen LogP contribution in [0.4, 0.5) is 0 Å². The highest BCUT2D eigenvalue weighted by atomic mass is 16.5. The molecule has 1 heterocycles. The van der Waals surface area contributed by atoms with Crippen LogP contribution >= 0.6 is 0 Å². The van der Waals surface area contributed by atoms with Crippen molar-refractivity contribution in [2.45, 2.75) is 6.42 Å². The Morgan fingerprint density at radius 1 is 1.29 bits per heavy atom. The van der Waals surface area contributed by atoms with E-state index in [9.17, 15) is 0 Å². The molecule has 0 unspecified atom stereocenters. The number of H-pyrrole nitrogens is 1. The maximum absolute atomic E-state index is 7.37. The minimum atomic E-state index is 0.148. The first-order valence-electron chi connectivity index (χ1n) is 6.62. The molecule has 3 rings (SSSR count). The molecule has 5 heteroatoms. The van der Waals surface area contributed by atoms with Gasteiger partial charge >= 0.3 is 0 Å². The van der Waals surface area contributed by atoms with Crippen LogP contribution in [0.25, 0.3) is 22.4 Å². The van der Waals surface area contributed by atoms with E-state index in [4.69, 9.17) is 15.9 Å². The van der Waals surface area contributed by atoms with Gasteiger partial charge in [0.2, 0.25) is 0 Å². The van der Waals surface area contributed by atoms with E-state index in [1.54, 1.807) is 7.11 Å². The molecule has 1 aromatic heterocycles. The van der Waals surface area contributed by atoms with E-state index in [1.807, 2.05) is 42.5 Å². The normalized spacial score (nSPS) is 10.7. The van der Waals surface area contributed by atoms with Gasteiger partial charge in [0, 0.05) is 6.42 Å². The van der Waals surface area contributed by atoms with E-state index < -0.39 is 0 Å². The fourth-order valence-electron chi connectivity index (χ4n) is 2.35. The summed E-state index contributed by atoms with van der Waals surface area (Å²) in [6.07, 6.45) is 0.437. The number of methoxy groups -OCH3 is 1. The van der Waals surface area contributed by atoms with Crippen molar-refractivity contribution >= 4 is 16.9 Å². The van der Waals surface area contributed by atoms with Gasteiger partial charge in [-0.05, 0) is 29.8 Å². The summed E-state index contributed by atoms with van der Waals surface area (Å²) in [6, 6.07) is 13.6. The molecule has 21 heavy (non-hydrogen) atoms. The lowest BCUT2D eigenvalue weighted by atomic mass is 10.1. The smallest absolute Gasteiger partial charge is 0.142 e. The lowest BCUT2D eigenvalue weighted by Gasteiger charge is -2.04. The summed E-state index contributed by atoms with van der Waals surface area (Å²) in [7, 11) is 1.65. The quantitative estimate of drug-likeness (QED) is 0.507. The third kappa shape index (κ3) is 2.58. The summed E-state index contributed by atoms with van der Waals surface area (Å²) in [5.41, 5.74) is 9.15. The van der Waals surface area contributed by atoms with Crippen LogP contribution in [-0.2, 0) is 6.42 Å². The number of nitrogens with zero attached hydrogens (tertiary/aromatic N) is 1. The second-order valence-electron chi connectivity index (χ2n) is 4.84. The molecule has 0 atom stereocenters. The number of imidazole rings is 1. The van der Waals surface area contributed by atoms with Crippen molar-refractivity contribution in [2.24, 2.45) is 5.73 Å². The Morgan fingerprint density at radius 2 is 2.10 bits per heavy atom. The summed E-state index contributed by atoms with van der Waals surface area (Å²) in [6.45, 7) is 0. The Kier molecular flexibility index (Phi) is 3.31. The zero-order valence-electron chi connectivity index (χ0n) is 11.7. The van der Waals surface area contributed by atoms with Crippen LogP contribution in [-0.4, -0.2) is 22.9 Å². The molecular weight excluding hydrogens is 264 g/mol. The summed E-state index contributed by atoms with van der Waals surface area (Å²) in [5, 5.41) is 7.37. The van der Waals surface area contributed by atoms with Gasteiger partial charge in [-0.25, -0.2) is 4.98 Å². The third-order valence-corrected chi connectivity index (χ3v) is 3.30. The summed E-state index contributed by atoms with van der Waals surface area (Å²) in [5.74, 6) is 1.69. The fraction of sp³-hybridized carbons (Fsp3) is 0.125. The Balaban J connectivity index is 2.06. The van der Waals surface area contributed by atoms with Crippen molar-refractivity contribution < 1.29 is 4.74 Å². The summed E-state index contributed by atoms with van der Waals surface area (Å²) >= 11 is 0. The van der Waals surface area contributed by atoms with Crippen molar-refractivity contribution in [1.82, 2.24) is 9.97 Å². The van der Waals surface area contributed by atoms with E-state index in [-0.39, 0.29) is 5.84 Å². The number of benzene rings is 2. The Labute approximate surface area is 122 Å². The summed E-state index contributed by atoms with van der Waals surface area (Å²) < 4.78 is 5.37. The highest BCUT2D eigenvalue weighted by Crippen LogP contribution is 2.29. The number of aromatic nitrogens is 2. The van der Waals surface area contributed by atoms with E-state index in [2.05, 4.69) is 9.97 Å². The predicted octanol–water partition coefficient (Wildman–Crippen LogP) is 2.72. The Bertz CT molecular complexity index is 807. The van der Waals surface area contributed by atoms with Gasteiger partial charge in [-0.15, -0.1) is 0 Å². The number of hydrogen-bond donors (Lipinski definition) is 3. The Hall–Kier alpha value is -2.82. The molecule has 2 aromatic carbocycles. The number of amidine groups is 1. The lowest BCUT2D eigenvalue weighted by molar-refractivity contribution is 0.416. The minimum Gasteiger partial charge on any atom is -0.496 e. The molecule has 0 amide bonds. The minimum absolute atomic E-state index is 0.148. The van der Waals surface area contributed by atoms with Gasteiger partial charge in [0.1, 0.15) is 11.6 Å². The maximum atomic E-state index is 7.37. The second kappa shape index (κ2) is 5.28. The number of ether oxygens (including phenoxy) is 1. The molecule has 5 nitrogen and oxygen atoms in total. The first kappa shape index (κ1) is 13.2. The molecule has 0 fully saturated rings. The first-order chi connectivity index (χ1) is 10.2. The van der Waals surface area contributed by atoms with Crippen LogP contribution in [0.15, 0.2) is 42.5 Å². The SMILES string of the molecule is COc1ccccc1-c1nc2cc(CC(=N)N)ccc2[nH]1. The molecule has 0 saturated heterocycles. The maximum Gasteiger partial charge on any atom is 0.142 e. The van der Waals surface area contributed by atoms with E-state index in [0.717, 1.165) is 33.7 Å². The van der Waals surface area contributed by atoms with Gasteiger partial charge in [-0.1, -0.05) is 18.2 Å². The average Bonchev–Trinajstić information content (AvgIpc) is 2.89. The monoisotopic (exact) mass is 280 g/mol. The van der Waals surface area contributed by atoms with Gasteiger partial charge < -0.3 is 15.5 Å². The molecule has 4 N–H and O–H groups in total. The second-order valence-corrected chi connectivity index (χ2v) is 4.84. The van der Waals surface area contributed by atoms with Crippen LogP contribution in [0.5, 0.6) is 5.75 Å². The summed E-state index contributed by atoms with van der Waals surface area (Å²) in [4.78, 5) is 7.90. The topological polar surface area (TPSA) is 87.8 Å². The lowest BCUT2D eigenvalue weighted by Crippen LogP contribution is -2.12. The van der Waals surface area contributed by atoms with Crippen LogP contribution in [0.3, 0.4) is 0 Å². The van der Waals surface area contributed by atoms with Crippen molar-refractivity contribution in [3.63, 3.8) is 0 Å². The molecule has 0 radical (unpaired) electrons. The molecule has 106 valence electrons. The van der Waals surface area contributed by atoms with E-state index in [0.29, 0.717) is 6.42 Å². The number of hydrogen-bond acceptors (Lipinski definition) is 3. The largest absolute Gasteiger partial charge is 0.496 e. The number of rotatable bonds is 4. The highest BCUT2D eigenvalue weighted by molar-refractivity contribution is 5.84. The van der Waals surface area contributed by atoms with E-state index in [1.165, 1.54) is 0 Å². The predicted molar refractivity (Wildman–Crippen MR) is 83.7 cm³/mol. The van der Waals surface area contributed by atoms with Crippen LogP contribution in [0.1, 0.15) is 5.56 Å². The van der Waals surface area contributed by atoms with Crippen LogP contribution < -0.4 is 10.5 Å². The molecule has 0 aliphatic heterocycles. The number of aromatic amines is 1. The van der Waals surface area contributed by atoms with Gasteiger partial charge in [-0.2, -0.15) is 0 Å². The van der Waals surface area contributed by atoms with Crippen molar-refractivity contribution in [1.29, 1.82) is 5.41 Å². The molecule has 0 spiro atoms. The first-order valence-corrected chi connectivity index (χ1v) is 6.62. The van der Waals surface area contributed by atoms with Gasteiger partial charge in [0.05, 0.1) is 29.5 Å². The number of nitrogens with two attached hydrogens (primary N) is 1.